The van der Waals surface area contributed by atoms with Gasteiger partial charge in [-0.3, -0.25) is 4.79 Å². The molecule has 0 radical (unpaired) electrons. The van der Waals surface area contributed by atoms with Gasteiger partial charge in [-0.25, -0.2) is 9.59 Å². The lowest BCUT2D eigenvalue weighted by Crippen LogP contribution is -2.39. The SMILES string of the molecule is CCOC(=O)[C@H]1OC(C)(C=O)O[C@@H]1C(=O)OCC. The molecule has 0 aliphatic carbocycles. The van der Waals surface area contributed by atoms with E-state index in [1.54, 1.807) is 13.8 Å². The lowest BCUT2D eigenvalue weighted by molar-refractivity contribution is -0.179. The fraction of sp³-hybridized carbons (Fsp3) is 0.727. The lowest BCUT2D eigenvalue weighted by atomic mass is 10.2. The van der Waals surface area contributed by atoms with Gasteiger partial charge >= 0.3 is 11.9 Å². The van der Waals surface area contributed by atoms with Crippen molar-refractivity contribution < 1.29 is 33.3 Å². The molecule has 0 aromatic carbocycles. The monoisotopic (exact) mass is 260 g/mol. The van der Waals surface area contributed by atoms with Crippen molar-refractivity contribution in [3.05, 3.63) is 0 Å². The summed E-state index contributed by atoms with van der Waals surface area (Å²) in [4.78, 5) is 34.1. The van der Waals surface area contributed by atoms with Crippen molar-refractivity contribution in [2.75, 3.05) is 13.2 Å². The van der Waals surface area contributed by atoms with Gasteiger partial charge in [0.05, 0.1) is 13.2 Å². The van der Waals surface area contributed by atoms with Crippen LogP contribution in [0.3, 0.4) is 0 Å². The summed E-state index contributed by atoms with van der Waals surface area (Å²) in [5, 5.41) is 0. The molecular weight excluding hydrogens is 244 g/mol. The van der Waals surface area contributed by atoms with Gasteiger partial charge in [0.25, 0.3) is 0 Å². The zero-order chi connectivity index (χ0) is 13.8. The molecule has 1 aliphatic rings. The second-order valence-electron chi connectivity index (χ2n) is 3.71. The quantitative estimate of drug-likeness (QED) is 0.500. The van der Waals surface area contributed by atoms with Crippen LogP contribution in [-0.2, 0) is 33.3 Å². The minimum absolute atomic E-state index is 0.131. The molecular formula is C11H16O7. The molecule has 1 aliphatic heterocycles. The summed E-state index contributed by atoms with van der Waals surface area (Å²) >= 11 is 0. The largest absolute Gasteiger partial charge is 0.464 e. The lowest BCUT2D eigenvalue weighted by Gasteiger charge is -2.14. The molecule has 2 atom stereocenters. The number of aldehydes is 1. The first-order valence-corrected chi connectivity index (χ1v) is 5.62. The predicted octanol–water partition coefficient (Wildman–Crippen LogP) is -0.188. The van der Waals surface area contributed by atoms with Crippen molar-refractivity contribution in [3.8, 4) is 0 Å². The number of ether oxygens (including phenoxy) is 4. The molecule has 0 aromatic heterocycles. The Morgan fingerprint density at radius 3 is 1.78 bits per heavy atom. The Balaban J connectivity index is 2.86. The Hall–Kier alpha value is -1.47. The number of hydrogen-bond donors (Lipinski definition) is 0. The maximum Gasteiger partial charge on any atom is 0.338 e. The zero-order valence-electron chi connectivity index (χ0n) is 10.5. The average Bonchev–Trinajstić information content (AvgIpc) is 2.69. The smallest absolute Gasteiger partial charge is 0.338 e. The molecule has 0 N–H and O–H groups in total. The Labute approximate surface area is 104 Å². The van der Waals surface area contributed by atoms with Crippen molar-refractivity contribution >= 4 is 18.2 Å². The topological polar surface area (TPSA) is 88.1 Å². The van der Waals surface area contributed by atoms with Crippen LogP contribution >= 0.6 is 0 Å². The molecule has 1 rings (SSSR count). The summed E-state index contributed by atoms with van der Waals surface area (Å²) in [6, 6.07) is 0. The molecule has 7 heteroatoms. The predicted molar refractivity (Wildman–Crippen MR) is 57.5 cm³/mol. The van der Waals surface area contributed by atoms with Crippen LogP contribution in [0, 0.1) is 0 Å². The maximum absolute atomic E-state index is 11.6. The molecule has 0 saturated carbocycles. The van der Waals surface area contributed by atoms with E-state index >= 15 is 0 Å². The van der Waals surface area contributed by atoms with Crippen molar-refractivity contribution in [2.45, 2.75) is 38.8 Å². The number of carbonyl (C=O) groups excluding carboxylic acids is 3. The Bertz CT molecular complexity index is 312. The molecule has 1 saturated heterocycles. The van der Waals surface area contributed by atoms with Crippen molar-refractivity contribution in [3.63, 3.8) is 0 Å². The van der Waals surface area contributed by atoms with E-state index < -0.39 is 29.9 Å². The molecule has 0 unspecified atom stereocenters. The highest BCUT2D eigenvalue weighted by atomic mass is 16.8. The molecule has 1 fully saturated rings. The van der Waals surface area contributed by atoms with E-state index in [0.717, 1.165) is 0 Å². The minimum Gasteiger partial charge on any atom is -0.464 e. The molecule has 0 spiro atoms. The Kier molecular flexibility index (Phi) is 4.80. The molecule has 102 valence electrons. The second-order valence-corrected chi connectivity index (χ2v) is 3.71. The molecule has 0 amide bonds. The standard InChI is InChI=1S/C11H16O7/c1-4-15-9(13)7-8(10(14)16-5-2)18-11(3,6-12)17-7/h6-8H,4-5H2,1-3H3/t7-,8-/m0/s1. The summed E-state index contributed by atoms with van der Waals surface area (Å²) in [6.45, 7) is 4.81. The third-order valence-corrected chi connectivity index (χ3v) is 2.25. The van der Waals surface area contributed by atoms with Crippen LogP contribution in [0.25, 0.3) is 0 Å². The summed E-state index contributed by atoms with van der Waals surface area (Å²) in [5.41, 5.74) is 0. The van der Waals surface area contributed by atoms with Gasteiger partial charge in [-0.1, -0.05) is 0 Å². The third-order valence-electron chi connectivity index (χ3n) is 2.25. The van der Waals surface area contributed by atoms with Gasteiger partial charge in [0, 0.05) is 0 Å². The summed E-state index contributed by atoms with van der Waals surface area (Å²) in [6.07, 6.45) is -2.21. The van der Waals surface area contributed by atoms with Crippen LogP contribution in [0.15, 0.2) is 0 Å². The van der Waals surface area contributed by atoms with E-state index in [4.69, 9.17) is 18.9 Å². The highest BCUT2D eigenvalue weighted by molar-refractivity contribution is 5.87. The van der Waals surface area contributed by atoms with Gasteiger partial charge in [-0.15, -0.1) is 0 Å². The van der Waals surface area contributed by atoms with E-state index in [1.807, 2.05) is 0 Å². The Morgan fingerprint density at radius 1 is 1.11 bits per heavy atom. The molecule has 0 aromatic rings. The molecule has 18 heavy (non-hydrogen) atoms. The van der Waals surface area contributed by atoms with Crippen LogP contribution < -0.4 is 0 Å². The number of esters is 2. The van der Waals surface area contributed by atoms with Gasteiger partial charge in [-0.05, 0) is 20.8 Å². The summed E-state index contributed by atoms with van der Waals surface area (Å²) in [7, 11) is 0. The van der Waals surface area contributed by atoms with Crippen LogP contribution in [0.5, 0.6) is 0 Å². The first-order chi connectivity index (χ1) is 8.47. The van der Waals surface area contributed by atoms with E-state index in [-0.39, 0.29) is 13.2 Å². The molecule has 0 bridgehead atoms. The first-order valence-electron chi connectivity index (χ1n) is 5.62. The summed E-state index contributed by atoms with van der Waals surface area (Å²) in [5.74, 6) is -3.17. The van der Waals surface area contributed by atoms with E-state index in [2.05, 4.69) is 0 Å². The number of hydrogen-bond acceptors (Lipinski definition) is 7. The van der Waals surface area contributed by atoms with Crippen molar-refractivity contribution in [1.82, 2.24) is 0 Å². The highest BCUT2D eigenvalue weighted by Crippen LogP contribution is 2.28. The van der Waals surface area contributed by atoms with Gasteiger partial charge in [-0.2, -0.15) is 0 Å². The number of carbonyl (C=O) groups is 3. The third kappa shape index (κ3) is 3.05. The van der Waals surface area contributed by atoms with Gasteiger partial charge in [0.15, 0.2) is 18.5 Å². The van der Waals surface area contributed by atoms with Gasteiger partial charge in [0.1, 0.15) is 0 Å². The van der Waals surface area contributed by atoms with E-state index in [1.165, 1.54) is 6.92 Å². The van der Waals surface area contributed by atoms with Crippen molar-refractivity contribution in [2.24, 2.45) is 0 Å². The van der Waals surface area contributed by atoms with Crippen LogP contribution in [0.2, 0.25) is 0 Å². The van der Waals surface area contributed by atoms with Crippen LogP contribution in [0.4, 0.5) is 0 Å². The first kappa shape index (κ1) is 14.6. The van der Waals surface area contributed by atoms with Crippen molar-refractivity contribution in [1.29, 1.82) is 0 Å². The highest BCUT2D eigenvalue weighted by Gasteiger charge is 2.52. The Morgan fingerprint density at radius 2 is 1.50 bits per heavy atom. The minimum atomic E-state index is -1.64. The second kappa shape index (κ2) is 5.92. The fourth-order valence-corrected chi connectivity index (χ4v) is 1.50. The normalized spacial score (nSPS) is 25.5. The molecule has 1 heterocycles. The molecule has 7 nitrogen and oxygen atoms in total. The van der Waals surface area contributed by atoms with E-state index in [0.29, 0.717) is 6.29 Å². The fourth-order valence-electron chi connectivity index (χ4n) is 1.50. The average molecular weight is 260 g/mol. The summed E-state index contributed by atoms with van der Waals surface area (Å²) < 4.78 is 19.8. The maximum atomic E-state index is 11.6. The van der Waals surface area contributed by atoms with Gasteiger partial charge < -0.3 is 18.9 Å². The van der Waals surface area contributed by atoms with Gasteiger partial charge in [0.2, 0.25) is 5.79 Å². The number of rotatable bonds is 5. The van der Waals surface area contributed by atoms with Crippen LogP contribution in [0.1, 0.15) is 20.8 Å². The van der Waals surface area contributed by atoms with Crippen LogP contribution in [-0.4, -0.2) is 49.4 Å². The van der Waals surface area contributed by atoms with E-state index in [9.17, 15) is 14.4 Å². The zero-order valence-corrected chi connectivity index (χ0v) is 10.5.